The lowest BCUT2D eigenvalue weighted by atomic mass is 10.1. The molecule has 0 saturated carbocycles. The minimum atomic E-state index is -0.740. The van der Waals surface area contributed by atoms with Gasteiger partial charge in [-0.25, -0.2) is 4.98 Å². The van der Waals surface area contributed by atoms with E-state index in [1.165, 1.54) is 19.5 Å². The molecule has 0 fully saturated rings. The molecule has 1 aromatic carbocycles. The number of nitrogens with one attached hydrogen (secondary N) is 1. The van der Waals surface area contributed by atoms with Gasteiger partial charge in [-0.2, -0.15) is 0 Å². The molecule has 2 heterocycles. The van der Waals surface area contributed by atoms with Gasteiger partial charge in [0.1, 0.15) is 11.3 Å². The first-order valence-corrected chi connectivity index (χ1v) is 8.44. The zero-order valence-electron chi connectivity index (χ0n) is 14.0. The molecule has 1 atom stereocenters. The summed E-state index contributed by atoms with van der Waals surface area (Å²) in [6, 6.07) is 6.66. The highest BCUT2D eigenvalue weighted by Crippen LogP contribution is 2.32. The van der Waals surface area contributed by atoms with Gasteiger partial charge in [-0.05, 0) is 31.2 Å². The number of pyridine rings is 2. The fraction of sp³-hybridized carbons (Fsp3) is 0.167. The number of nitrogens with zero attached hydrogens (tertiary/aromatic N) is 2. The number of aliphatic hydroxyl groups excluding tert-OH is 1. The van der Waals surface area contributed by atoms with Crippen molar-refractivity contribution in [2.75, 3.05) is 12.4 Å². The number of amides is 1. The third-order valence-corrected chi connectivity index (χ3v) is 4.40. The molecule has 6 nitrogen and oxygen atoms in total. The van der Waals surface area contributed by atoms with Gasteiger partial charge in [0.2, 0.25) is 0 Å². The predicted molar refractivity (Wildman–Crippen MR) is 101 cm³/mol. The summed E-state index contributed by atoms with van der Waals surface area (Å²) in [6.45, 7) is 1.62. The summed E-state index contributed by atoms with van der Waals surface area (Å²) >= 11 is 12.1. The highest BCUT2D eigenvalue weighted by atomic mass is 35.5. The number of carbonyl (C=O) groups excluding carboxylic acids is 1. The normalized spacial score (nSPS) is 12.0. The molecule has 0 aliphatic rings. The first-order valence-electron chi connectivity index (χ1n) is 7.68. The molecule has 0 aliphatic carbocycles. The molecule has 1 amide bonds. The Morgan fingerprint density at radius 3 is 2.50 bits per heavy atom. The number of methoxy groups -OCH3 is 1. The maximum absolute atomic E-state index is 12.8. The molecular formula is C18H15Cl2N3O3. The molecule has 0 bridgehead atoms. The molecule has 0 radical (unpaired) electrons. The van der Waals surface area contributed by atoms with Crippen LogP contribution in [-0.2, 0) is 0 Å². The summed E-state index contributed by atoms with van der Waals surface area (Å²) in [5.41, 5.74) is 1.61. The van der Waals surface area contributed by atoms with Crippen molar-refractivity contribution >= 4 is 45.7 Å². The number of benzene rings is 1. The lowest BCUT2D eigenvalue weighted by Crippen LogP contribution is -2.14. The number of rotatable bonds is 4. The molecule has 2 aromatic heterocycles. The van der Waals surface area contributed by atoms with Gasteiger partial charge in [0, 0.05) is 23.3 Å². The second-order valence-corrected chi connectivity index (χ2v) is 6.37. The number of anilines is 1. The van der Waals surface area contributed by atoms with Gasteiger partial charge in [0.05, 0.1) is 34.6 Å². The number of aromatic nitrogens is 2. The quantitative estimate of drug-likeness (QED) is 0.694. The second kappa shape index (κ2) is 7.45. The van der Waals surface area contributed by atoms with Crippen LogP contribution >= 0.6 is 23.2 Å². The van der Waals surface area contributed by atoms with Crippen molar-refractivity contribution in [2.45, 2.75) is 13.0 Å². The molecule has 0 spiro atoms. The van der Waals surface area contributed by atoms with E-state index in [1.54, 1.807) is 31.2 Å². The van der Waals surface area contributed by atoms with Crippen LogP contribution in [-0.4, -0.2) is 28.1 Å². The standard InChI is InChI=1S/C18H15Cl2N3O3/c1-9(24)14-5-3-10-11(4-6-15(26-2)16(10)22-14)18(25)23-17-12(19)7-21-8-13(17)20/h3-9,24H,1-2H3,(H,21,23,25). The van der Waals surface area contributed by atoms with E-state index >= 15 is 0 Å². The van der Waals surface area contributed by atoms with Crippen molar-refractivity contribution in [3.8, 4) is 5.75 Å². The molecule has 1 unspecified atom stereocenters. The Morgan fingerprint density at radius 1 is 1.19 bits per heavy atom. The number of carbonyl (C=O) groups is 1. The SMILES string of the molecule is COc1ccc(C(=O)Nc2c(Cl)cncc2Cl)c2ccc(C(C)O)nc12. The molecule has 8 heteroatoms. The lowest BCUT2D eigenvalue weighted by molar-refractivity contribution is 0.102. The van der Waals surface area contributed by atoms with Crippen molar-refractivity contribution in [3.63, 3.8) is 0 Å². The highest BCUT2D eigenvalue weighted by molar-refractivity contribution is 6.39. The van der Waals surface area contributed by atoms with E-state index in [0.717, 1.165) is 0 Å². The third-order valence-electron chi connectivity index (χ3n) is 3.83. The summed E-state index contributed by atoms with van der Waals surface area (Å²) in [5.74, 6) is 0.0956. The molecule has 3 aromatic rings. The van der Waals surface area contributed by atoms with Crippen LogP contribution in [0.25, 0.3) is 10.9 Å². The van der Waals surface area contributed by atoms with Gasteiger partial charge in [-0.3, -0.25) is 9.78 Å². The fourth-order valence-corrected chi connectivity index (χ4v) is 2.97. The second-order valence-electron chi connectivity index (χ2n) is 5.56. The fourth-order valence-electron chi connectivity index (χ4n) is 2.51. The van der Waals surface area contributed by atoms with E-state index in [1.807, 2.05) is 0 Å². The van der Waals surface area contributed by atoms with Crippen LogP contribution in [0.1, 0.15) is 29.1 Å². The van der Waals surface area contributed by atoms with Gasteiger partial charge in [0.15, 0.2) is 0 Å². The highest BCUT2D eigenvalue weighted by Gasteiger charge is 2.18. The van der Waals surface area contributed by atoms with Crippen molar-refractivity contribution < 1.29 is 14.6 Å². The minimum Gasteiger partial charge on any atom is -0.494 e. The summed E-state index contributed by atoms with van der Waals surface area (Å²) in [7, 11) is 1.52. The summed E-state index contributed by atoms with van der Waals surface area (Å²) in [6.07, 6.45) is 2.05. The smallest absolute Gasteiger partial charge is 0.256 e. The molecule has 0 aliphatic heterocycles. The molecule has 2 N–H and O–H groups in total. The Bertz CT molecular complexity index is 973. The number of ether oxygens (including phenoxy) is 1. The van der Waals surface area contributed by atoms with Gasteiger partial charge in [-0.1, -0.05) is 23.2 Å². The van der Waals surface area contributed by atoms with Crippen molar-refractivity contribution in [1.82, 2.24) is 9.97 Å². The average molecular weight is 392 g/mol. The minimum absolute atomic E-state index is 0.234. The van der Waals surface area contributed by atoms with E-state index < -0.39 is 12.0 Å². The van der Waals surface area contributed by atoms with Crippen LogP contribution in [0.15, 0.2) is 36.7 Å². The first kappa shape index (κ1) is 18.4. The predicted octanol–water partition coefficient (Wildman–Crippen LogP) is 4.25. The van der Waals surface area contributed by atoms with E-state index in [-0.39, 0.29) is 15.7 Å². The van der Waals surface area contributed by atoms with Crippen molar-refractivity contribution in [1.29, 1.82) is 0 Å². The number of halogens is 2. The molecule has 26 heavy (non-hydrogen) atoms. The zero-order valence-corrected chi connectivity index (χ0v) is 15.5. The van der Waals surface area contributed by atoms with Crippen LogP contribution in [0.5, 0.6) is 5.75 Å². The van der Waals surface area contributed by atoms with E-state index in [0.29, 0.717) is 27.9 Å². The van der Waals surface area contributed by atoms with Crippen LogP contribution in [0.3, 0.4) is 0 Å². The van der Waals surface area contributed by atoms with Crippen molar-refractivity contribution in [3.05, 3.63) is 58.0 Å². The Kier molecular flexibility index (Phi) is 5.27. The molecular weight excluding hydrogens is 377 g/mol. The van der Waals surface area contributed by atoms with Crippen LogP contribution < -0.4 is 10.1 Å². The largest absolute Gasteiger partial charge is 0.494 e. The Hall–Kier alpha value is -2.41. The maximum atomic E-state index is 12.8. The zero-order chi connectivity index (χ0) is 18.8. The monoisotopic (exact) mass is 391 g/mol. The van der Waals surface area contributed by atoms with Crippen LogP contribution in [0.2, 0.25) is 10.0 Å². The number of hydrogen-bond donors (Lipinski definition) is 2. The molecule has 3 rings (SSSR count). The van der Waals surface area contributed by atoms with E-state index in [2.05, 4.69) is 15.3 Å². The lowest BCUT2D eigenvalue weighted by Gasteiger charge is -2.13. The van der Waals surface area contributed by atoms with Gasteiger partial charge in [-0.15, -0.1) is 0 Å². The summed E-state index contributed by atoms with van der Waals surface area (Å²) < 4.78 is 5.33. The van der Waals surface area contributed by atoms with E-state index in [9.17, 15) is 9.90 Å². The number of aliphatic hydroxyl groups is 1. The van der Waals surface area contributed by atoms with Gasteiger partial charge in [0.25, 0.3) is 5.91 Å². The Morgan fingerprint density at radius 2 is 1.88 bits per heavy atom. The summed E-state index contributed by atoms with van der Waals surface area (Å²) in [5, 5.41) is 13.5. The number of hydrogen-bond acceptors (Lipinski definition) is 5. The topological polar surface area (TPSA) is 84.3 Å². The molecule has 134 valence electrons. The van der Waals surface area contributed by atoms with Gasteiger partial charge < -0.3 is 15.2 Å². The van der Waals surface area contributed by atoms with Crippen molar-refractivity contribution in [2.24, 2.45) is 0 Å². The van der Waals surface area contributed by atoms with Gasteiger partial charge >= 0.3 is 0 Å². The Balaban J connectivity index is 2.09. The van der Waals surface area contributed by atoms with Crippen LogP contribution in [0.4, 0.5) is 5.69 Å². The van der Waals surface area contributed by atoms with E-state index in [4.69, 9.17) is 27.9 Å². The van der Waals surface area contributed by atoms with Crippen LogP contribution in [0, 0.1) is 0 Å². The summed E-state index contributed by atoms with van der Waals surface area (Å²) in [4.78, 5) is 21.1. The average Bonchev–Trinajstić information content (AvgIpc) is 2.63. The maximum Gasteiger partial charge on any atom is 0.256 e. The third kappa shape index (κ3) is 3.44. The number of fused-ring (bicyclic) bond motifs is 1. The Labute approximate surface area is 159 Å². The molecule has 0 saturated heterocycles. The first-order chi connectivity index (χ1) is 12.4.